The number of ether oxygens (including phenoxy) is 1. The highest BCUT2D eigenvalue weighted by Crippen LogP contribution is 2.43. The van der Waals surface area contributed by atoms with Gasteiger partial charge >= 0.3 is 0 Å². The van der Waals surface area contributed by atoms with Gasteiger partial charge in [0.25, 0.3) is 10.0 Å². The van der Waals surface area contributed by atoms with E-state index in [1.807, 2.05) is 44.2 Å². The second-order valence-electron chi connectivity index (χ2n) is 8.06. The Bertz CT molecular complexity index is 1020. The van der Waals surface area contributed by atoms with Crippen LogP contribution in [0.2, 0.25) is 0 Å². The van der Waals surface area contributed by atoms with Gasteiger partial charge in [-0.15, -0.1) is 0 Å². The van der Waals surface area contributed by atoms with E-state index in [1.54, 1.807) is 12.1 Å². The molecule has 0 saturated heterocycles. The van der Waals surface area contributed by atoms with Crippen LogP contribution >= 0.6 is 0 Å². The number of rotatable bonds is 8. The number of carbonyl (C=O) groups is 1. The van der Waals surface area contributed by atoms with Gasteiger partial charge in [-0.05, 0) is 49.9 Å². The first-order chi connectivity index (χ1) is 14.2. The van der Waals surface area contributed by atoms with Gasteiger partial charge in [-0.3, -0.25) is 9.10 Å². The highest BCUT2D eigenvalue weighted by Gasteiger charge is 2.36. The summed E-state index contributed by atoms with van der Waals surface area (Å²) in [4.78, 5) is 12.8. The van der Waals surface area contributed by atoms with Gasteiger partial charge in [0.2, 0.25) is 5.91 Å². The molecule has 30 heavy (non-hydrogen) atoms. The lowest BCUT2D eigenvalue weighted by Gasteiger charge is -2.32. The standard InChI is InChI=1S/C23H30N2O4S/c1-16(2)18-10-11-21-20(14-18)19-8-5-6-9-22(19)30(27,28)25(21)15-23(26)24-12-7-13-29-17(3)4/h5-6,8-11,14,16-17H,7,12-13,15H2,1-4H3,(H,24,26). The number of amides is 1. The summed E-state index contributed by atoms with van der Waals surface area (Å²) in [6.07, 6.45) is 0.819. The van der Waals surface area contributed by atoms with Crippen molar-refractivity contribution in [3.05, 3.63) is 48.0 Å². The molecule has 2 aromatic carbocycles. The van der Waals surface area contributed by atoms with Crippen molar-refractivity contribution in [1.82, 2.24) is 5.32 Å². The molecule has 0 saturated carbocycles. The number of nitrogens with zero attached hydrogens (tertiary/aromatic N) is 1. The first kappa shape index (κ1) is 22.3. The molecule has 0 fully saturated rings. The van der Waals surface area contributed by atoms with E-state index >= 15 is 0 Å². The zero-order valence-electron chi connectivity index (χ0n) is 18.0. The van der Waals surface area contributed by atoms with Crippen molar-refractivity contribution in [2.45, 2.75) is 51.0 Å². The molecule has 1 heterocycles. The van der Waals surface area contributed by atoms with Crippen molar-refractivity contribution in [3.63, 3.8) is 0 Å². The molecule has 3 rings (SSSR count). The van der Waals surface area contributed by atoms with E-state index in [-0.39, 0.29) is 23.5 Å². The van der Waals surface area contributed by atoms with E-state index in [4.69, 9.17) is 4.74 Å². The Balaban J connectivity index is 1.86. The Morgan fingerprint density at radius 2 is 1.80 bits per heavy atom. The summed E-state index contributed by atoms with van der Waals surface area (Å²) in [6.45, 7) is 8.85. The fraction of sp³-hybridized carbons (Fsp3) is 0.435. The number of fused-ring (bicyclic) bond motifs is 3. The first-order valence-electron chi connectivity index (χ1n) is 10.4. The van der Waals surface area contributed by atoms with E-state index in [0.29, 0.717) is 36.7 Å². The number of sulfonamides is 1. The maximum absolute atomic E-state index is 13.3. The van der Waals surface area contributed by atoms with Crippen LogP contribution in [0.4, 0.5) is 5.69 Å². The van der Waals surface area contributed by atoms with Gasteiger partial charge in [-0.25, -0.2) is 8.42 Å². The highest BCUT2D eigenvalue weighted by molar-refractivity contribution is 7.93. The third kappa shape index (κ3) is 4.68. The lowest BCUT2D eigenvalue weighted by molar-refractivity contribution is -0.119. The Morgan fingerprint density at radius 1 is 1.07 bits per heavy atom. The van der Waals surface area contributed by atoms with Crippen molar-refractivity contribution in [1.29, 1.82) is 0 Å². The van der Waals surface area contributed by atoms with Gasteiger partial charge in [-0.2, -0.15) is 0 Å². The molecule has 0 spiro atoms. The largest absolute Gasteiger partial charge is 0.379 e. The van der Waals surface area contributed by atoms with Crippen molar-refractivity contribution >= 4 is 21.6 Å². The fourth-order valence-electron chi connectivity index (χ4n) is 3.48. The summed E-state index contributed by atoms with van der Waals surface area (Å²) in [5.41, 5.74) is 3.18. The van der Waals surface area contributed by atoms with Gasteiger partial charge < -0.3 is 10.1 Å². The quantitative estimate of drug-likeness (QED) is 0.644. The summed E-state index contributed by atoms with van der Waals surface area (Å²) >= 11 is 0. The summed E-state index contributed by atoms with van der Waals surface area (Å²) in [7, 11) is -3.82. The molecule has 0 atom stereocenters. The van der Waals surface area contributed by atoms with Crippen molar-refractivity contribution in [3.8, 4) is 11.1 Å². The highest BCUT2D eigenvalue weighted by atomic mass is 32.2. The SMILES string of the molecule is CC(C)OCCCNC(=O)CN1c2ccc(C(C)C)cc2-c2ccccc2S1(=O)=O. The Morgan fingerprint density at radius 3 is 2.50 bits per heavy atom. The lowest BCUT2D eigenvalue weighted by Crippen LogP contribution is -2.42. The zero-order chi connectivity index (χ0) is 21.9. The second-order valence-corrected chi connectivity index (χ2v) is 9.89. The molecule has 1 aliphatic rings. The minimum Gasteiger partial charge on any atom is -0.379 e. The van der Waals surface area contributed by atoms with Gasteiger partial charge in [0.15, 0.2) is 0 Å². The normalized spacial score (nSPS) is 14.5. The lowest BCUT2D eigenvalue weighted by atomic mass is 9.95. The van der Waals surface area contributed by atoms with Gasteiger partial charge in [0, 0.05) is 24.3 Å². The summed E-state index contributed by atoms with van der Waals surface area (Å²) in [5.74, 6) is -0.0211. The molecule has 0 radical (unpaired) electrons. The zero-order valence-corrected chi connectivity index (χ0v) is 18.8. The molecule has 1 amide bonds. The van der Waals surface area contributed by atoms with Crippen LogP contribution in [0.5, 0.6) is 0 Å². The summed E-state index contributed by atoms with van der Waals surface area (Å²) in [6, 6.07) is 12.7. The molecule has 7 heteroatoms. The van der Waals surface area contributed by atoms with Crippen LogP contribution in [0, 0.1) is 0 Å². The monoisotopic (exact) mass is 430 g/mol. The van der Waals surface area contributed by atoms with Crippen LogP contribution in [-0.4, -0.2) is 40.1 Å². The van der Waals surface area contributed by atoms with Crippen LogP contribution < -0.4 is 9.62 Å². The van der Waals surface area contributed by atoms with Crippen molar-refractivity contribution in [2.24, 2.45) is 0 Å². The minimum absolute atomic E-state index is 0.145. The van der Waals surface area contributed by atoms with E-state index in [2.05, 4.69) is 19.2 Å². The van der Waals surface area contributed by atoms with Crippen molar-refractivity contribution in [2.75, 3.05) is 24.0 Å². The molecule has 0 bridgehead atoms. The van der Waals surface area contributed by atoms with E-state index in [1.165, 1.54) is 4.31 Å². The number of benzene rings is 2. The van der Waals surface area contributed by atoms with Gasteiger partial charge in [0.05, 0.1) is 16.7 Å². The maximum atomic E-state index is 13.3. The third-order valence-electron chi connectivity index (χ3n) is 5.08. The summed E-state index contributed by atoms with van der Waals surface area (Å²) in [5, 5.41) is 2.80. The van der Waals surface area contributed by atoms with E-state index in [0.717, 1.165) is 11.1 Å². The van der Waals surface area contributed by atoms with E-state index in [9.17, 15) is 13.2 Å². The van der Waals surface area contributed by atoms with Crippen LogP contribution in [0.1, 0.15) is 45.6 Å². The molecule has 162 valence electrons. The van der Waals surface area contributed by atoms with Crippen molar-refractivity contribution < 1.29 is 17.9 Å². The molecule has 2 aromatic rings. The molecule has 0 aliphatic carbocycles. The number of hydrogen-bond donors (Lipinski definition) is 1. The van der Waals surface area contributed by atoms with Crippen LogP contribution in [0.3, 0.4) is 0 Å². The van der Waals surface area contributed by atoms with Crippen LogP contribution in [-0.2, 0) is 19.6 Å². The average Bonchev–Trinajstić information content (AvgIpc) is 2.70. The Labute approximate surface area is 179 Å². The summed E-state index contributed by atoms with van der Waals surface area (Å²) < 4.78 is 33.3. The van der Waals surface area contributed by atoms with Crippen LogP contribution in [0.15, 0.2) is 47.4 Å². The second kappa shape index (κ2) is 9.18. The number of anilines is 1. The minimum atomic E-state index is -3.82. The average molecular weight is 431 g/mol. The van der Waals surface area contributed by atoms with Crippen LogP contribution in [0.25, 0.3) is 11.1 Å². The number of nitrogens with one attached hydrogen (secondary N) is 1. The number of hydrogen-bond acceptors (Lipinski definition) is 4. The Kier molecular flexibility index (Phi) is 6.83. The molecular formula is C23H30N2O4S. The predicted octanol–water partition coefficient (Wildman–Crippen LogP) is 3.92. The first-order valence-corrected chi connectivity index (χ1v) is 11.8. The molecule has 1 N–H and O–H groups in total. The third-order valence-corrected chi connectivity index (χ3v) is 6.90. The van der Waals surface area contributed by atoms with Gasteiger partial charge in [-0.1, -0.05) is 38.1 Å². The number of carbonyl (C=O) groups excluding carboxylic acids is 1. The molecule has 0 unspecified atom stereocenters. The molecule has 1 aliphatic heterocycles. The topological polar surface area (TPSA) is 75.7 Å². The maximum Gasteiger partial charge on any atom is 0.265 e. The van der Waals surface area contributed by atoms with Gasteiger partial charge in [0.1, 0.15) is 6.54 Å². The molecular weight excluding hydrogens is 400 g/mol. The Hall–Kier alpha value is -2.38. The molecule has 6 nitrogen and oxygen atoms in total. The molecule has 0 aromatic heterocycles. The smallest absolute Gasteiger partial charge is 0.265 e. The predicted molar refractivity (Wildman–Crippen MR) is 119 cm³/mol. The fourth-order valence-corrected chi connectivity index (χ4v) is 5.13. The van der Waals surface area contributed by atoms with E-state index < -0.39 is 10.0 Å².